The monoisotopic (exact) mass is 467 g/mol. The molecular formula is C26H18ClN5O2. The molecule has 8 heteroatoms. The average Bonchev–Trinajstić information content (AvgIpc) is 3.37. The lowest BCUT2D eigenvalue weighted by Gasteiger charge is -2.10. The predicted molar refractivity (Wildman–Crippen MR) is 130 cm³/mol. The molecule has 0 radical (unpaired) electrons. The molecule has 1 unspecified atom stereocenters. The highest BCUT2D eigenvalue weighted by atomic mass is 35.5. The lowest BCUT2D eigenvalue weighted by atomic mass is 9.98. The lowest BCUT2D eigenvalue weighted by molar-refractivity contribution is -0.117. The summed E-state index contributed by atoms with van der Waals surface area (Å²) in [5.74, 6) is -2.97. The van der Waals surface area contributed by atoms with Gasteiger partial charge in [0, 0.05) is 33.9 Å². The number of amides is 1. The van der Waals surface area contributed by atoms with Crippen molar-refractivity contribution in [1.82, 2.24) is 9.78 Å². The highest BCUT2D eigenvalue weighted by Gasteiger charge is 2.36. The van der Waals surface area contributed by atoms with Gasteiger partial charge in [-0.2, -0.15) is 10.4 Å². The topological polar surface area (TPSA) is 114 Å². The largest absolute Gasteiger partial charge is 0.399 e. The maximum Gasteiger partial charge on any atom is 0.249 e. The third-order valence-electron chi connectivity index (χ3n) is 5.72. The second-order valence-electron chi connectivity index (χ2n) is 7.94. The van der Waals surface area contributed by atoms with E-state index in [0.29, 0.717) is 28.4 Å². The van der Waals surface area contributed by atoms with Crippen molar-refractivity contribution in [2.24, 2.45) is 5.92 Å². The number of nitrogens with two attached hydrogens (primary N) is 1. The molecule has 166 valence electrons. The number of rotatable bonds is 5. The number of aromatic nitrogens is 2. The molecule has 1 aromatic heterocycles. The zero-order chi connectivity index (χ0) is 23.8. The first-order valence-electron chi connectivity index (χ1n) is 10.5. The normalized spacial score (nSPS) is 12.4. The molecule has 1 aliphatic carbocycles. The minimum absolute atomic E-state index is 0.0985. The molecule has 34 heavy (non-hydrogen) atoms. The fraction of sp³-hybridized carbons (Fsp3) is 0.0769. The van der Waals surface area contributed by atoms with Gasteiger partial charge >= 0.3 is 0 Å². The van der Waals surface area contributed by atoms with Gasteiger partial charge in [-0.25, -0.2) is 4.68 Å². The molecule has 7 nitrogen and oxygen atoms in total. The Morgan fingerprint density at radius 2 is 1.88 bits per heavy atom. The van der Waals surface area contributed by atoms with Crippen LogP contribution in [0.25, 0.3) is 16.9 Å². The summed E-state index contributed by atoms with van der Waals surface area (Å²) in [6, 6.07) is 23.3. The first-order chi connectivity index (χ1) is 16.5. The third-order valence-corrected chi connectivity index (χ3v) is 5.95. The van der Waals surface area contributed by atoms with Gasteiger partial charge in [0.05, 0.1) is 17.5 Å². The van der Waals surface area contributed by atoms with E-state index in [1.165, 1.54) is 0 Å². The van der Waals surface area contributed by atoms with Gasteiger partial charge in [-0.05, 0) is 48.0 Å². The summed E-state index contributed by atoms with van der Waals surface area (Å²) in [6.45, 7) is 0. The number of nitrogen functional groups attached to an aromatic ring is 1. The van der Waals surface area contributed by atoms with Gasteiger partial charge in [-0.3, -0.25) is 9.59 Å². The molecule has 0 fully saturated rings. The number of para-hydroxylation sites is 1. The van der Waals surface area contributed by atoms with E-state index in [9.17, 15) is 14.9 Å². The van der Waals surface area contributed by atoms with Gasteiger partial charge in [0.2, 0.25) is 11.7 Å². The molecule has 5 rings (SSSR count). The molecule has 3 aromatic carbocycles. The molecule has 0 saturated heterocycles. The number of nitriles is 1. The van der Waals surface area contributed by atoms with E-state index < -0.39 is 17.6 Å². The summed E-state index contributed by atoms with van der Waals surface area (Å²) in [4.78, 5) is 26.3. The van der Waals surface area contributed by atoms with Gasteiger partial charge in [0.25, 0.3) is 0 Å². The number of Topliss-reactive ketones (excluding diaryl/α,β-unsaturated/α-hetero) is 1. The molecule has 1 aliphatic rings. The Balaban J connectivity index is 1.57. The molecular weight excluding hydrogens is 450 g/mol. The number of hydrogen-bond donors (Lipinski definition) is 2. The number of nitrogens with one attached hydrogen (secondary N) is 1. The maximum atomic E-state index is 13.5. The van der Waals surface area contributed by atoms with E-state index in [0.717, 1.165) is 22.5 Å². The summed E-state index contributed by atoms with van der Waals surface area (Å²) in [5.41, 5.74) is 11.2. The first kappa shape index (κ1) is 21.4. The van der Waals surface area contributed by atoms with Crippen LogP contribution < -0.4 is 11.1 Å². The van der Waals surface area contributed by atoms with Crippen LogP contribution in [0.2, 0.25) is 5.02 Å². The number of hydrogen-bond acceptors (Lipinski definition) is 5. The third kappa shape index (κ3) is 3.70. The molecule has 3 N–H and O–H groups in total. The number of anilines is 2. The average molecular weight is 468 g/mol. The van der Waals surface area contributed by atoms with Crippen molar-refractivity contribution in [2.75, 3.05) is 11.1 Å². The van der Waals surface area contributed by atoms with Gasteiger partial charge < -0.3 is 11.1 Å². The molecule has 1 heterocycles. The molecule has 0 bridgehead atoms. The number of fused-ring (bicyclic) bond motifs is 3. The summed E-state index contributed by atoms with van der Waals surface area (Å²) >= 11 is 5.98. The van der Waals surface area contributed by atoms with Crippen molar-refractivity contribution in [2.45, 2.75) is 6.42 Å². The SMILES string of the molecule is N#CC(C(=O)Nc1cccc(Cl)c1)C(=O)c1nn(-c2ccccc2)c2c1Cc1ccc(N)cc1-2. The summed E-state index contributed by atoms with van der Waals surface area (Å²) in [6.07, 6.45) is 0.451. The highest BCUT2D eigenvalue weighted by molar-refractivity contribution is 6.31. The molecule has 0 spiro atoms. The minimum atomic E-state index is -1.57. The predicted octanol–water partition coefficient (Wildman–Crippen LogP) is 4.64. The zero-order valence-corrected chi connectivity index (χ0v) is 18.6. The second kappa shape index (κ2) is 8.50. The van der Waals surface area contributed by atoms with Gasteiger partial charge in [-0.15, -0.1) is 0 Å². The van der Waals surface area contributed by atoms with Crippen LogP contribution in [0.1, 0.15) is 21.6 Å². The Bertz CT molecular complexity index is 1490. The van der Waals surface area contributed by atoms with Crippen LogP contribution >= 0.6 is 11.6 Å². The van der Waals surface area contributed by atoms with E-state index in [2.05, 4.69) is 10.4 Å². The Kier molecular flexibility index (Phi) is 5.36. The van der Waals surface area contributed by atoms with Crippen molar-refractivity contribution < 1.29 is 9.59 Å². The highest BCUT2D eigenvalue weighted by Crippen LogP contribution is 2.41. The van der Waals surface area contributed by atoms with Crippen molar-refractivity contribution >= 4 is 34.7 Å². The van der Waals surface area contributed by atoms with Crippen LogP contribution in [-0.4, -0.2) is 21.5 Å². The van der Waals surface area contributed by atoms with Crippen LogP contribution in [0, 0.1) is 17.2 Å². The standard InChI is InChI=1S/C26H18ClN5O2/c27-16-5-4-6-18(12-16)30-26(34)22(14-28)25(33)23-21-11-15-9-10-17(29)13-20(15)24(21)32(31-23)19-7-2-1-3-8-19/h1-10,12-13,22H,11,29H2,(H,30,34). The summed E-state index contributed by atoms with van der Waals surface area (Å²) in [7, 11) is 0. The maximum absolute atomic E-state index is 13.5. The lowest BCUT2D eigenvalue weighted by Crippen LogP contribution is -2.29. The van der Waals surface area contributed by atoms with Crippen molar-refractivity contribution in [3.63, 3.8) is 0 Å². The first-order valence-corrected chi connectivity index (χ1v) is 10.9. The van der Waals surface area contributed by atoms with Crippen LogP contribution in [0.3, 0.4) is 0 Å². The van der Waals surface area contributed by atoms with E-state index in [-0.39, 0.29) is 5.69 Å². The van der Waals surface area contributed by atoms with Crippen molar-refractivity contribution in [1.29, 1.82) is 5.26 Å². The number of halogens is 1. The number of nitrogens with zero attached hydrogens (tertiary/aromatic N) is 3. The minimum Gasteiger partial charge on any atom is -0.399 e. The van der Waals surface area contributed by atoms with Crippen LogP contribution in [0.4, 0.5) is 11.4 Å². The quantitative estimate of drug-likeness (QED) is 0.222. The van der Waals surface area contributed by atoms with E-state index >= 15 is 0 Å². The zero-order valence-electron chi connectivity index (χ0n) is 17.8. The Morgan fingerprint density at radius 3 is 2.62 bits per heavy atom. The Hall–Kier alpha value is -4.41. The number of ketones is 1. The fourth-order valence-corrected chi connectivity index (χ4v) is 4.35. The summed E-state index contributed by atoms with van der Waals surface area (Å²) < 4.78 is 1.68. The number of carbonyl (C=O) groups excluding carboxylic acids is 2. The van der Waals surface area contributed by atoms with Crippen molar-refractivity contribution in [3.8, 4) is 23.0 Å². The fourth-order valence-electron chi connectivity index (χ4n) is 4.16. The Labute approximate surface area is 200 Å². The van der Waals surface area contributed by atoms with Gasteiger partial charge in [0.1, 0.15) is 5.69 Å². The van der Waals surface area contributed by atoms with E-state index in [1.807, 2.05) is 54.6 Å². The van der Waals surface area contributed by atoms with Crippen molar-refractivity contribution in [3.05, 3.63) is 94.6 Å². The molecule has 1 amide bonds. The second-order valence-corrected chi connectivity index (χ2v) is 8.38. The smallest absolute Gasteiger partial charge is 0.249 e. The van der Waals surface area contributed by atoms with Gasteiger partial charge in [-0.1, -0.05) is 41.9 Å². The van der Waals surface area contributed by atoms with Crippen LogP contribution in [0.5, 0.6) is 0 Å². The number of benzene rings is 3. The van der Waals surface area contributed by atoms with Crippen LogP contribution in [0.15, 0.2) is 72.8 Å². The summed E-state index contributed by atoms with van der Waals surface area (Å²) in [5, 5.41) is 17.3. The Morgan fingerprint density at radius 1 is 1.09 bits per heavy atom. The van der Waals surface area contributed by atoms with E-state index in [4.69, 9.17) is 17.3 Å². The number of carbonyl (C=O) groups is 2. The van der Waals surface area contributed by atoms with E-state index in [1.54, 1.807) is 28.9 Å². The molecule has 0 saturated carbocycles. The van der Waals surface area contributed by atoms with Gasteiger partial charge in [0.15, 0.2) is 5.92 Å². The van der Waals surface area contributed by atoms with Crippen LogP contribution in [-0.2, 0) is 11.2 Å². The molecule has 1 atom stereocenters. The molecule has 0 aliphatic heterocycles. The molecule has 4 aromatic rings.